The lowest BCUT2D eigenvalue weighted by Crippen LogP contribution is -2.04. The summed E-state index contributed by atoms with van der Waals surface area (Å²) in [6, 6.07) is 4.81. The van der Waals surface area contributed by atoms with Crippen LogP contribution in [0.3, 0.4) is 0 Å². The van der Waals surface area contributed by atoms with E-state index in [0.717, 1.165) is 12.1 Å². The van der Waals surface area contributed by atoms with E-state index >= 15 is 0 Å². The van der Waals surface area contributed by atoms with Gasteiger partial charge in [0.15, 0.2) is 17.4 Å². The van der Waals surface area contributed by atoms with Gasteiger partial charge in [-0.05, 0) is 50.1 Å². The summed E-state index contributed by atoms with van der Waals surface area (Å²) in [5.74, 6) is -2.17. The maximum atomic E-state index is 13.6. The molecule has 7 heteroatoms. The van der Waals surface area contributed by atoms with E-state index in [1.165, 1.54) is 12.1 Å². The number of hydrogen-bond donors (Lipinski definition) is 1. The molecule has 24 heavy (non-hydrogen) atoms. The zero-order valence-electron chi connectivity index (χ0n) is 12.3. The van der Waals surface area contributed by atoms with Gasteiger partial charge in [0.05, 0.1) is 14.5 Å². The summed E-state index contributed by atoms with van der Waals surface area (Å²) in [5, 5.41) is 9.99. The third kappa shape index (κ3) is 2.75. The molecule has 124 valence electrons. The average molecular weight is 460 g/mol. The van der Waals surface area contributed by atoms with Crippen molar-refractivity contribution in [2.75, 3.05) is 0 Å². The molecule has 0 atom stereocenters. The van der Waals surface area contributed by atoms with Gasteiger partial charge in [-0.25, -0.2) is 8.78 Å². The molecule has 0 amide bonds. The third-order valence-corrected chi connectivity index (χ3v) is 4.84. The maximum Gasteiger partial charge on any atom is 0.197 e. The van der Waals surface area contributed by atoms with Crippen molar-refractivity contribution in [1.29, 1.82) is 0 Å². The van der Waals surface area contributed by atoms with Crippen LogP contribution in [0.2, 0.25) is 0 Å². The van der Waals surface area contributed by atoms with E-state index in [2.05, 4.69) is 31.9 Å². The van der Waals surface area contributed by atoms with Crippen molar-refractivity contribution in [1.82, 2.24) is 0 Å². The number of benzene rings is 2. The first-order valence-corrected chi connectivity index (χ1v) is 8.55. The summed E-state index contributed by atoms with van der Waals surface area (Å²) in [6.45, 7) is 1.78. The van der Waals surface area contributed by atoms with Crippen molar-refractivity contribution in [3.05, 3.63) is 61.7 Å². The highest BCUT2D eigenvalue weighted by Gasteiger charge is 2.24. The van der Waals surface area contributed by atoms with Gasteiger partial charge < -0.3 is 9.52 Å². The highest BCUT2D eigenvalue weighted by Crippen LogP contribution is 2.36. The Morgan fingerprint density at radius 2 is 1.71 bits per heavy atom. The summed E-state index contributed by atoms with van der Waals surface area (Å²) in [6.07, 6.45) is 0.388. The quantitative estimate of drug-likeness (QED) is 0.508. The second-order valence-corrected chi connectivity index (χ2v) is 6.84. The van der Waals surface area contributed by atoms with Gasteiger partial charge in [-0.3, -0.25) is 4.79 Å². The first-order valence-electron chi connectivity index (χ1n) is 6.96. The zero-order valence-corrected chi connectivity index (χ0v) is 15.5. The third-order valence-electron chi connectivity index (χ3n) is 3.63. The van der Waals surface area contributed by atoms with Gasteiger partial charge in [-0.1, -0.05) is 6.92 Å². The van der Waals surface area contributed by atoms with Gasteiger partial charge >= 0.3 is 0 Å². The van der Waals surface area contributed by atoms with Crippen LogP contribution in [0.25, 0.3) is 11.0 Å². The molecule has 3 aromatic rings. The van der Waals surface area contributed by atoms with Gasteiger partial charge in [0, 0.05) is 23.4 Å². The lowest BCUT2D eigenvalue weighted by atomic mass is 9.99. The normalized spacial score (nSPS) is 11.2. The molecule has 0 unspecified atom stereocenters. The van der Waals surface area contributed by atoms with Crippen molar-refractivity contribution in [3.63, 3.8) is 0 Å². The fraction of sp³-hybridized carbons (Fsp3) is 0.118. The van der Waals surface area contributed by atoms with Crippen LogP contribution >= 0.6 is 31.9 Å². The van der Waals surface area contributed by atoms with Crippen LogP contribution < -0.4 is 0 Å². The Balaban J connectivity index is 2.25. The highest BCUT2D eigenvalue weighted by molar-refractivity contribution is 9.11. The topological polar surface area (TPSA) is 50.4 Å². The van der Waals surface area contributed by atoms with Crippen LogP contribution in [0.15, 0.2) is 37.6 Å². The number of fused-ring (bicyclic) bond motifs is 1. The van der Waals surface area contributed by atoms with Crippen molar-refractivity contribution >= 4 is 48.6 Å². The van der Waals surface area contributed by atoms with Gasteiger partial charge in [0.1, 0.15) is 17.1 Å². The number of rotatable bonds is 3. The van der Waals surface area contributed by atoms with Crippen LogP contribution in [0.5, 0.6) is 5.75 Å². The minimum Gasteiger partial charge on any atom is -0.506 e. The van der Waals surface area contributed by atoms with E-state index in [4.69, 9.17) is 4.42 Å². The summed E-state index contributed by atoms with van der Waals surface area (Å²) >= 11 is 6.34. The molecular weight excluding hydrogens is 450 g/mol. The van der Waals surface area contributed by atoms with E-state index in [0.29, 0.717) is 21.1 Å². The molecule has 3 nitrogen and oxygen atoms in total. The number of aromatic hydroxyl groups is 1. The van der Waals surface area contributed by atoms with Crippen molar-refractivity contribution in [2.45, 2.75) is 13.3 Å². The molecule has 1 aromatic heterocycles. The van der Waals surface area contributed by atoms with E-state index < -0.39 is 17.4 Å². The van der Waals surface area contributed by atoms with Crippen LogP contribution in [0, 0.1) is 11.6 Å². The Kier molecular flexibility index (Phi) is 4.48. The second-order valence-electron chi connectivity index (χ2n) is 5.13. The molecule has 2 aromatic carbocycles. The number of ketones is 1. The molecule has 1 heterocycles. The van der Waals surface area contributed by atoms with Gasteiger partial charge in [0.25, 0.3) is 0 Å². The van der Waals surface area contributed by atoms with Crippen molar-refractivity contribution in [2.24, 2.45) is 0 Å². The average Bonchev–Trinajstić information content (AvgIpc) is 2.89. The summed E-state index contributed by atoms with van der Waals surface area (Å²) < 4.78 is 33.2. The van der Waals surface area contributed by atoms with Crippen molar-refractivity contribution < 1.29 is 23.1 Å². The van der Waals surface area contributed by atoms with Gasteiger partial charge in [-0.2, -0.15) is 0 Å². The van der Waals surface area contributed by atoms with Crippen LogP contribution in [0.4, 0.5) is 8.78 Å². The standard InChI is InChI=1S/C17H10Br2F2O3/c1-2-13-15(8-5-11(20)12(21)6-14(8)24-13)16(22)7-3-9(18)17(23)10(19)4-7/h3-6,23H,2H2,1H3. The van der Waals surface area contributed by atoms with Crippen LogP contribution in [-0.2, 0) is 6.42 Å². The number of carbonyl (C=O) groups excluding carboxylic acids is 1. The summed E-state index contributed by atoms with van der Waals surface area (Å²) in [5.41, 5.74) is 0.579. The fourth-order valence-corrected chi connectivity index (χ4v) is 3.67. The Morgan fingerprint density at radius 1 is 1.12 bits per heavy atom. The van der Waals surface area contributed by atoms with E-state index in [1.54, 1.807) is 6.92 Å². The van der Waals surface area contributed by atoms with E-state index in [-0.39, 0.29) is 27.8 Å². The molecule has 0 aliphatic carbocycles. The molecule has 3 rings (SSSR count). The van der Waals surface area contributed by atoms with Crippen LogP contribution in [0.1, 0.15) is 28.6 Å². The lowest BCUT2D eigenvalue weighted by Gasteiger charge is -2.06. The molecule has 0 radical (unpaired) electrons. The summed E-state index contributed by atoms with van der Waals surface area (Å²) in [4.78, 5) is 12.9. The molecule has 0 saturated heterocycles. The minimum absolute atomic E-state index is 0.0348. The molecule has 1 N–H and O–H groups in total. The highest BCUT2D eigenvalue weighted by atomic mass is 79.9. The Hall–Kier alpha value is -1.73. The predicted octanol–water partition coefficient (Wildman–Crippen LogP) is 5.74. The van der Waals surface area contributed by atoms with E-state index in [1.807, 2.05) is 0 Å². The van der Waals surface area contributed by atoms with Crippen molar-refractivity contribution in [3.8, 4) is 5.75 Å². The smallest absolute Gasteiger partial charge is 0.197 e. The molecule has 0 aliphatic rings. The Labute approximate surface area is 152 Å². The largest absolute Gasteiger partial charge is 0.506 e. The number of phenols is 1. The molecule has 0 bridgehead atoms. The second kappa shape index (κ2) is 6.29. The molecule has 0 fully saturated rings. The number of carbonyl (C=O) groups is 1. The van der Waals surface area contributed by atoms with Gasteiger partial charge in [0.2, 0.25) is 0 Å². The first-order chi connectivity index (χ1) is 11.3. The Bertz CT molecular complexity index is 957. The minimum atomic E-state index is -1.05. The number of furan rings is 1. The molecular formula is C17H10Br2F2O3. The molecule has 0 spiro atoms. The number of aryl methyl sites for hydroxylation is 1. The predicted molar refractivity (Wildman–Crippen MR) is 92.4 cm³/mol. The van der Waals surface area contributed by atoms with Gasteiger partial charge in [-0.15, -0.1) is 0 Å². The Morgan fingerprint density at radius 3 is 2.29 bits per heavy atom. The van der Waals surface area contributed by atoms with Crippen LogP contribution in [-0.4, -0.2) is 10.9 Å². The summed E-state index contributed by atoms with van der Waals surface area (Å²) in [7, 11) is 0. The maximum absolute atomic E-state index is 13.6. The lowest BCUT2D eigenvalue weighted by molar-refractivity contribution is 0.103. The molecule has 0 aliphatic heterocycles. The number of phenolic OH excluding ortho intramolecular Hbond substituents is 1. The monoisotopic (exact) mass is 458 g/mol. The first kappa shape index (κ1) is 17.1. The molecule has 0 saturated carbocycles. The number of hydrogen-bond acceptors (Lipinski definition) is 3. The zero-order chi connectivity index (χ0) is 17.6. The number of halogens is 4. The van der Waals surface area contributed by atoms with E-state index in [9.17, 15) is 18.7 Å². The fourth-order valence-electron chi connectivity index (χ4n) is 2.48. The SMILES string of the molecule is CCc1oc2cc(F)c(F)cc2c1C(=O)c1cc(Br)c(O)c(Br)c1.